The molecule has 0 saturated heterocycles. The fourth-order valence-corrected chi connectivity index (χ4v) is 2.34. The summed E-state index contributed by atoms with van der Waals surface area (Å²) in [6.45, 7) is 1.95. The molecule has 0 heterocycles. The van der Waals surface area contributed by atoms with Crippen molar-refractivity contribution in [3.63, 3.8) is 0 Å². The summed E-state index contributed by atoms with van der Waals surface area (Å²) in [4.78, 5) is 12.4. The lowest BCUT2D eigenvalue weighted by molar-refractivity contribution is -0.118. The summed E-state index contributed by atoms with van der Waals surface area (Å²) in [6.07, 6.45) is 1.50. The number of aryl methyl sites for hydroxylation is 1. The standard InChI is InChI=1S/C12H13BrN2OS/c1-7-2-3-8(13)6-9(7)15-11(16)12(4-5-12)10(14)17/h2-3,6H,4-5H2,1H3,(H2,14,17)(H,15,16). The molecule has 0 aromatic heterocycles. The lowest BCUT2D eigenvalue weighted by Crippen LogP contribution is -2.35. The fraction of sp³-hybridized carbons (Fsp3) is 0.333. The number of thiocarbonyl (C=S) groups is 1. The van der Waals surface area contributed by atoms with Crippen LogP contribution in [0.25, 0.3) is 0 Å². The summed E-state index contributed by atoms with van der Waals surface area (Å²) in [5.74, 6) is -0.0915. The number of halogens is 1. The predicted octanol–water partition coefficient (Wildman–Crippen LogP) is 2.76. The lowest BCUT2D eigenvalue weighted by Gasteiger charge is -2.15. The van der Waals surface area contributed by atoms with E-state index in [-0.39, 0.29) is 5.91 Å². The Balaban J connectivity index is 2.19. The van der Waals surface area contributed by atoms with Gasteiger partial charge in [0.25, 0.3) is 0 Å². The van der Waals surface area contributed by atoms with Crippen LogP contribution in [0.1, 0.15) is 18.4 Å². The average molecular weight is 313 g/mol. The number of anilines is 1. The minimum atomic E-state index is -0.607. The number of nitrogens with one attached hydrogen (secondary N) is 1. The zero-order valence-corrected chi connectivity index (χ0v) is 11.8. The highest BCUT2D eigenvalue weighted by Crippen LogP contribution is 2.47. The van der Waals surface area contributed by atoms with E-state index in [1.54, 1.807) is 0 Å². The van der Waals surface area contributed by atoms with E-state index in [0.29, 0.717) is 4.99 Å². The Bertz CT molecular complexity index is 497. The van der Waals surface area contributed by atoms with E-state index in [0.717, 1.165) is 28.6 Å². The molecular weight excluding hydrogens is 300 g/mol. The third-order valence-corrected chi connectivity index (χ3v) is 3.99. The quantitative estimate of drug-likeness (QED) is 0.844. The van der Waals surface area contributed by atoms with Crippen LogP contribution in [0.5, 0.6) is 0 Å². The van der Waals surface area contributed by atoms with Gasteiger partial charge in [-0.1, -0.05) is 34.2 Å². The van der Waals surface area contributed by atoms with Crippen LogP contribution in [0, 0.1) is 12.3 Å². The van der Waals surface area contributed by atoms with Crippen molar-refractivity contribution >= 4 is 44.7 Å². The SMILES string of the molecule is Cc1ccc(Br)cc1NC(=O)C1(C(N)=S)CC1. The topological polar surface area (TPSA) is 55.1 Å². The first-order chi connectivity index (χ1) is 7.95. The van der Waals surface area contributed by atoms with Gasteiger partial charge in [0.1, 0.15) is 0 Å². The second kappa shape index (κ2) is 4.38. The average Bonchev–Trinajstić information content (AvgIpc) is 3.04. The maximum Gasteiger partial charge on any atom is 0.237 e. The number of nitrogens with two attached hydrogens (primary N) is 1. The Morgan fingerprint density at radius 1 is 1.53 bits per heavy atom. The molecule has 17 heavy (non-hydrogen) atoms. The molecule has 3 N–H and O–H groups in total. The van der Waals surface area contributed by atoms with Crippen molar-refractivity contribution in [2.75, 3.05) is 5.32 Å². The summed E-state index contributed by atoms with van der Waals surface area (Å²) in [5, 5.41) is 2.90. The third-order valence-electron chi connectivity index (χ3n) is 3.10. The van der Waals surface area contributed by atoms with Gasteiger partial charge in [0.2, 0.25) is 5.91 Å². The highest BCUT2D eigenvalue weighted by molar-refractivity contribution is 9.10. The molecule has 0 unspecified atom stereocenters. The van der Waals surface area contributed by atoms with Gasteiger partial charge in [-0.05, 0) is 37.5 Å². The maximum atomic E-state index is 12.1. The molecule has 1 fully saturated rings. The minimum Gasteiger partial charge on any atom is -0.392 e. The van der Waals surface area contributed by atoms with Crippen LogP contribution < -0.4 is 11.1 Å². The van der Waals surface area contributed by atoms with Gasteiger partial charge in [-0.25, -0.2) is 0 Å². The van der Waals surface area contributed by atoms with Crippen molar-refractivity contribution < 1.29 is 4.79 Å². The van der Waals surface area contributed by atoms with Crippen LogP contribution in [0.15, 0.2) is 22.7 Å². The first-order valence-electron chi connectivity index (χ1n) is 5.33. The summed E-state index contributed by atoms with van der Waals surface area (Å²) < 4.78 is 0.929. The fourth-order valence-electron chi connectivity index (χ4n) is 1.68. The predicted molar refractivity (Wildman–Crippen MR) is 76.0 cm³/mol. The van der Waals surface area contributed by atoms with E-state index in [1.807, 2.05) is 25.1 Å². The zero-order valence-electron chi connectivity index (χ0n) is 9.42. The summed E-state index contributed by atoms with van der Waals surface area (Å²) in [7, 11) is 0. The van der Waals surface area contributed by atoms with E-state index >= 15 is 0 Å². The molecule has 2 rings (SSSR count). The van der Waals surface area contributed by atoms with E-state index in [4.69, 9.17) is 18.0 Å². The van der Waals surface area contributed by atoms with E-state index in [2.05, 4.69) is 21.2 Å². The van der Waals surface area contributed by atoms with Gasteiger partial charge >= 0.3 is 0 Å². The van der Waals surface area contributed by atoms with Crippen LogP contribution in [0.3, 0.4) is 0 Å². The molecule has 0 bridgehead atoms. The number of rotatable bonds is 3. The monoisotopic (exact) mass is 312 g/mol. The van der Waals surface area contributed by atoms with Gasteiger partial charge in [-0.3, -0.25) is 4.79 Å². The summed E-state index contributed by atoms with van der Waals surface area (Å²) in [5.41, 5.74) is 6.82. The molecule has 90 valence electrons. The number of hydrogen-bond acceptors (Lipinski definition) is 2. The Kier molecular flexibility index (Phi) is 3.23. The van der Waals surface area contributed by atoms with Crippen molar-refractivity contribution in [3.05, 3.63) is 28.2 Å². The first kappa shape index (κ1) is 12.5. The van der Waals surface area contributed by atoms with Crippen molar-refractivity contribution in [2.45, 2.75) is 19.8 Å². The highest BCUT2D eigenvalue weighted by atomic mass is 79.9. The van der Waals surface area contributed by atoms with E-state index in [9.17, 15) is 4.79 Å². The highest BCUT2D eigenvalue weighted by Gasteiger charge is 2.52. The number of carbonyl (C=O) groups excluding carboxylic acids is 1. The van der Waals surface area contributed by atoms with Gasteiger partial charge in [0, 0.05) is 10.2 Å². The van der Waals surface area contributed by atoms with Gasteiger partial charge in [-0.2, -0.15) is 0 Å². The zero-order chi connectivity index (χ0) is 12.6. The lowest BCUT2D eigenvalue weighted by atomic mass is 10.1. The number of hydrogen-bond donors (Lipinski definition) is 2. The van der Waals surface area contributed by atoms with Gasteiger partial charge in [0.05, 0.1) is 10.4 Å². The Morgan fingerprint density at radius 3 is 2.71 bits per heavy atom. The first-order valence-corrected chi connectivity index (χ1v) is 6.53. The molecule has 5 heteroatoms. The van der Waals surface area contributed by atoms with Crippen molar-refractivity contribution in [1.29, 1.82) is 0 Å². The molecular formula is C12H13BrN2OS. The van der Waals surface area contributed by atoms with Crippen molar-refractivity contribution in [1.82, 2.24) is 0 Å². The van der Waals surface area contributed by atoms with Crippen LogP contribution in [-0.4, -0.2) is 10.9 Å². The normalized spacial score (nSPS) is 16.4. The summed E-state index contributed by atoms with van der Waals surface area (Å²) >= 11 is 8.33. The molecule has 3 nitrogen and oxygen atoms in total. The number of benzene rings is 1. The Morgan fingerprint density at radius 2 is 2.18 bits per heavy atom. The Labute approximate surface area is 114 Å². The second-order valence-electron chi connectivity index (χ2n) is 4.36. The third kappa shape index (κ3) is 2.35. The van der Waals surface area contributed by atoms with Crippen molar-refractivity contribution in [3.8, 4) is 0 Å². The minimum absolute atomic E-state index is 0.0915. The largest absolute Gasteiger partial charge is 0.392 e. The molecule has 0 radical (unpaired) electrons. The van der Waals surface area contributed by atoms with Gasteiger partial charge in [-0.15, -0.1) is 0 Å². The molecule has 1 aliphatic rings. The molecule has 1 aromatic rings. The molecule has 1 aromatic carbocycles. The molecule has 1 saturated carbocycles. The smallest absolute Gasteiger partial charge is 0.237 e. The second-order valence-corrected chi connectivity index (χ2v) is 5.72. The molecule has 1 amide bonds. The molecule has 0 aliphatic heterocycles. The summed E-state index contributed by atoms with van der Waals surface area (Å²) in [6, 6.07) is 5.76. The van der Waals surface area contributed by atoms with Crippen LogP contribution in [0.2, 0.25) is 0 Å². The number of carbonyl (C=O) groups is 1. The van der Waals surface area contributed by atoms with Crippen LogP contribution >= 0.6 is 28.1 Å². The number of amides is 1. The van der Waals surface area contributed by atoms with E-state index < -0.39 is 5.41 Å². The van der Waals surface area contributed by atoms with Gasteiger partial charge < -0.3 is 11.1 Å². The van der Waals surface area contributed by atoms with Crippen LogP contribution in [0.4, 0.5) is 5.69 Å². The van der Waals surface area contributed by atoms with Crippen LogP contribution in [-0.2, 0) is 4.79 Å². The van der Waals surface area contributed by atoms with Gasteiger partial charge in [0.15, 0.2) is 0 Å². The van der Waals surface area contributed by atoms with Crippen molar-refractivity contribution in [2.24, 2.45) is 11.1 Å². The molecule has 0 atom stereocenters. The molecule has 0 spiro atoms. The Hall–Kier alpha value is -0.940. The maximum absolute atomic E-state index is 12.1. The van der Waals surface area contributed by atoms with E-state index in [1.165, 1.54) is 0 Å². The molecule has 1 aliphatic carbocycles.